The molecular weight excluding hydrogens is 272 g/mol. The van der Waals surface area contributed by atoms with E-state index in [9.17, 15) is 18.4 Å². The highest BCUT2D eigenvalue weighted by Gasteiger charge is 2.29. The van der Waals surface area contributed by atoms with Gasteiger partial charge in [-0.3, -0.25) is 9.59 Å². The lowest BCUT2D eigenvalue weighted by molar-refractivity contribution is -0.151. The van der Waals surface area contributed by atoms with E-state index in [1.54, 1.807) is 11.8 Å². The highest BCUT2D eigenvalue weighted by atomic mass is 19.3. The quantitative estimate of drug-likeness (QED) is 0.527. The second-order valence-electron chi connectivity index (χ2n) is 4.65. The second kappa shape index (κ2) is 8.84. The molecule has 1 amide bonds. The number of rotatable bonds is 7. The Morgan fingerprint density at radius 3 is 2.80 bits per heavy atom. The number of carbonyl (C=O) groups is 2. The first kappa shape index (κ1) is 16.8. The van der Waals surface area contributed by atoms with Crippen LogP contribution in [0.5, 0.6) is 0 Å². The number of ether oxygens (including phenoxy) is 2. The summed E-state index contributed by atoms with van der Waals surface area (Å²) in [7, 11) is 0. The largest absolute Gasteiger partial charge is 0.466 e. The third-order valence-corrected chi connectivity index (χ3v) is 3.10. The van der Waals surface area contributed by atoms with Gasteiger partial charge in [-0.25, -0.2) is 8.78 Å². The first-order chi connectivity index (χ1) is 9.54. The van der Waals surface area contributed by atoms with Crippen LogP contribution in [-0.2, 0) is 19.1 Å². The minimum absolute atomic E-state index is 0.0241. The summed E-state index contributed by atoms with van der Waals surface area (Å²) in [6.45, 7) is 2.31. The molecule has 0 spiro atoms. The molecule has 1 aliphatic rings. The molecule has 1 rings (SSSR count). The van der Waals surface area contributed by atoms with E-state index in [0.717, 1.165) is 6.42 Å². The molecule has 0 radical (unpaired) electrons. The Balaban J connectivity index is 2.31. The number of hydrogen-bond donors (Lipinski definition) is 0. The second-order valence-corrected chi connectivity index (χ2v) is 4.65. The van der Waals surface area contributed by atoms with E-state index in [2.05, 4.69) is 4.74 Å². The number of piperidine rings is 1. The molecule has 0 bridgehead atoms. The Bertz CT molecular complexity index is 325. The predicted molar refractivity (Wildman–Crippen MR) is 67.4 cm³/mol. The van der Waals surface area contributed by atoms with Crippen molar-refractivity contribution < 1.29 is 27.8 Å². The lowest BCUT2D eigenvalue weighted by atomic mass is 9.98. The molecule has 0 N–H and O–H groups in total. The van der Waals surface area contributed by atoms with E-state index in [-0.39, 0.29) is 30.8 Å². The average molecular weight is 293 g/mol. The summed E-state index contributed by atoms with van der Waals surface area (Å²) in [5.41, 5.74) is 0. The molecule has 5 nitrogen and oxygen atoms in total. The molecule has 1 fully saturated rings. The molecule has 20 heavy (non-hydrogen) atoms. The van der Waals surface area contributed by atoms with Gasteiger partial charge in [-0.2, -0.15) is 0 Å². The lowest BCUT2D eigenvalue weighted by Crippen LogP contribution is -2.43. The van der Waals surface area contributed by atoms with Crippen molar-refractivity contribution in [2.75, 3.05) is 32.9 Å². The van der Waals surface area contributed by atoms with Crippen LogP contribution in [0.25, 0.3) is 0 Å². The maximum atomic E-state index is 11.9. The maximum absolute atomic E-state index is 11.9. The molecule has 116 valence electrons. The summed E-state index contributed by atoms with van der Waals surface area (Å²) in [4.78, 5) is 25.1. The van der Waals surface area contributed by atoms with E-state index in [1.807, 2.05) is 0 Å². The lowest BCUT2D eigenvalue weighted by Gasteiger charge is -2.31. The van der Waals surface area contributed by atoms with Gasteiger partial charge in [-0.05, 0) is 19.8 Å². The van der Waals surface area contributed by atoms with Gasteiger partial charge >= 0.3 is 5.97 Å². The first-order valence-electron chi connectivity index (χ1n) is 6.84. The van der Waals surface area contributed by atoms with Crippen LogP contribution in [-0.4, -0.2) is 56.1 Å². The summed E-state index contributed by atoms with van der Waals surface area (Å²) in [6, 6.07) is 0. The Labute approximate surface area is 117 Å². The zero-order chi connectivity index (χ0) is 15.0. The first-order valence-corrected chi connectivity index (χ1v) is 6.84. The fraction of sp³-hybridized carbons (Fsp3) is 0.846. The smallest absolute Gasteiger partial charge is 0.310 e. The SMILES string of the molecule is CCOC(=O)C1CCCN(C(=O)CCOCC(F)F)C1. The van der Waals surface area contributed by atoms with Gasteiger partial charge in [0.05, 0.1) is 25.6 Å². The summed E-state index contributed by atoms with van der Waals surface area (Å²) < 4.78 is 33.3. The van der Waals surface area contributed by atoms with Crippen LogP contribution in [0.1, 0.15) is 26.2 Å². The molecule has 0 aromatic carbocycles. The molecule has 0 aromatic rings. The number of nitrogens with zero attached hydrogens (tertiary/aromatic N) is 1. The van der Waals surface area contributed by atoms with Crippen molar-refractivity contribution in [1.82, 2.24) is 4.90 Å². The van der Waals surface area contributed by atoms with E-state index in [4.69, 9.17) is 4.74 Å². The van der Waals surface area contributed by atoms with Crippen LogP contribution in [0.2, 0.25) is 0 Å². The zero-order valence-electron chi connectivity index (χ0n) is 11.6. The molecule has 0 aliphatic carbocycles. The van der Waals surface area contributed by atoms with E-state index < -0.39 is 13.0 Å². The van der Waals surface area contributed by atoms with Crippen LogP contribution in [0.3, 0.4) is 0 Å². The summed E-state index contributed by atoms with van der Waals surface area (Å²) in [5.74, 6) is -0.734. The average Bonchev–Trinajstić information content (AvgIpc) is 2.43. The van der Waals surface area contributed by atoms with Crippen molar-refractivity contribution in [2.45, 2.75) is 32.6 Å². The van der Waals surface area contributed by atoms with Crippen molar-refractivity contribution in [3.8, 4) is 0 Å². The van der Waals surface area contributed by atoms with Gasteiger partial charge in [-0.1, -0.05) is 0 Å². The minimum Gasteiger partial charge on any atom is -0.466 e. The minimum atomic E-state index is -2.52. The van der Waals surface area contributed by atoms with Crippen molar-refractivity contribution in [1.29, 1.82) is 0 Å². The Hall–Kier alpha value is -1.24. The van der Waals surface area contributed by atoms with Gasteiger partial charge < -0.3 is 14.4 Å². The molecule has 0 saturated carbocycles. The van der Waals surface area contributed by atoms with Crippen molar-refractivity contribution in [3.63, 3.8) is 0 Å². The third-order valence-electron chi connectivity index (χ3n) is 3.10. The highest BCUT2D eigenvalue weighted by Crippen LogP contribution is 2.18. The van der Waals surface area contributed by atoms with Crippen LogP contribution in [0.4, 0.5) is 8.78 Å². The third kappa shape index (κ3) is 5.81. The standard InChI is InChI=1S/C13H21F2NO4/c1-2-20-13(18)10-4-3-6-16(8-10)12(17)5-7-19-9-11(14)15/h10-11H,2-9H2,1H3. The van der Waals surface area contributed by atoms with Gasteiger partial charge in [0.2, 0.25) is 5.91 Å². The number of halogens is 2. The van der Waals surface area contributed by atoms with Crippen LogP contribution < -0.4 is 0 Å². The number of likely N-dealkylation sites (tertiary alicyclic amines) is 1. The van der Waals surface area contributed by atoms with Crippen LogP contribution in [0.15, 0.2) is 0 Å². The number of carbonyl (C=O) groups excluding carboxylic acids is 2. The van der Waals surface area contributed by atoms with E-state index in [1.165, 1.54) is 0 Å². The topological polar surface area (TPSA) is 55.8 Å². The van der Waals surface area contributed by atoms with Crippen molar-refractivity contribution in [2.24, 2.45) is 5.92 Å². The molecule has 0 aromatic heterocycles. The fourth-order valence-electron chi connectivity index (χ4n) is 2.15. The van der Waals surface area contributed by atoms with E-state index in [0.29, 0.717) is 26.1 Å². The van der Waals surface area contributed by atoms with Crippen LogP contribution in [0, 0.1) is 5.92 Å². The number of alkyl halides is 2. The Morgan fingerprint density at radius 1 is 1.40 bits per heavy atom. The maximum Gasteiger partial charge on any atom is 0.310 e. The molecule has 7 heteroatoms. The molecular formula is C13H21F2NO4. The predicted octanol–water partition coefficient (Wildman–Crippen LogP) is 1.46. The molecule has 1 unspecified atom stereocenters. The zero-order valence-corrected chi connectivity index (χ0v) is 11.6. The Morgan fingerprint density at radius 2 is 2.15 bits per heavy atom. The van der Waals surface area contributed by atoms with Crippen molar-refractivity contribution in [3.05, 3.63) is 0 Å². The van der Waals surface area contributed by atoms with Crippen LogP contribution >= 0.6 is 0 Å². The summed E-state index contributed by atoms with van der Waals surface area (Å²) in [6.07, 6.45) is -1.01. The van der Waals surface area contributed by atoms with Gasteiger partial charge in [0.15, 0.2) is 0 Å². The number of amides is 1. The fourth-order valence-corrected chi connectivity index (χ4v) is 2.15. The number of esters is 1. The van der Waals surface area contributed by atoms with Gasteiger partial charge in [0.1, 0.15) is 6.61 Å². The summed E-state index contributed by atoms with van der Waals surface area (Å²) >= 11 is 0. The molecule has 1 aliphatic heterocycles. The normalized spacial score (nSPS) is 19.2. The van der Waals surface area contributed by atoms with Gasteiger partial charge in [0, 0.05) is 13.1 Å². The Kier molecular flexibility index (Phi) is 7.43. The van der Waals surface area contributed by atoms with E-state index >= 15 is 0 Å². The number of hydrogen-bond acceptors (Lipinski definition) is 4. The monoisotopic (exact) mass is 293 g/mol. The highest BCUT2D eigenvalue weighted by molar-refractivity contribution is 5.78. The molecule has 1 heterocycles. The molecule has 1 saturated heterocycles. The van der Waals surface area contributed by atoms with Gasteiger partial charge in [-0.15, -0.1) is 0 Å². The van der Waals surface area contributed by atoms with Gasteiger partial charge in [0.25, 0.3) is 6.43 Å². The van der Waals surface area contributed by atoms with Crippen molar-refractivity contribution >= 4 is 11.9 Å². The summed E-state index contributed by atoms with van der Waals surface area (Å²) in [5, 5.41) is 0. The molecule has 1 atom stereocenters.